The Balaban J connectivity index is 2.12. The second-order valence-electron chi connectivity index (χ2n) is 3.82. The number of nitrogens with two attached hydrogens (primary N) is 1. The van der Waals surface area contributed by atoms with Crippen molar-refractivity contribution in [1.82, 2.24) is 9.97 Å². The molecular formula is C13H14N4OS. The maximum Gasteiger partial charge on any atom is 0.213 e. The third kappa shape index (κ3) is 3.38. The van der Waals surface area contributed by atoms with Gasteiger partial charge in [0.25, 0.3) is 0 Å². The van der Waals surface area contributed by atoms with E-state index in [1.807, 2.05) is 18.2 Å². The van der Waals surface area contributed by atoms with Crippen LogP contribution < -0.4 is 15.8 Å². The number of aromatic nitrogens is 2. The molecule has 5 nitrogen and oxygen atoms in total. The number of nitrogens with one attached hydrogen (secondary N) is 1. The van der Waals surface area contributed by atoms with Gasteiger partial charge in [-0.3, -0.25) is 0 Å². The first-order valence-corrected chi connectivity index (χ1v) is 6.09. The van der Waals surface area contributed by atoms with Crippen LogP contribution in [-0.2, 0) is 6.54 Å². The Morgan fingerprint density at radius 3 is 2.95 bits per heavy atom. The SMILES string of the molecule is COc1cc(CNc2ncccc2C(N)=S)ccn1. The summed E-state index contributed by atoms with van der Waals surface area (Å²) >= 11 is 4.99. The minimum Gasteiger partial charge on any atom is -0.481 e. The first-order chi connectivity index (χ1) is 9.20. The first-order valence-electron chi connectivity index (χ1n) is 5.68. The topological polar surface area (TPSA) is 73.1 Å². The third-order valence-electron chi connectivity index (χ3n) is 2.54. The van der Waals surface area contributed by atoms with Gasteiger partial charge in [-0.2, -0.15) is 0 Å². The quantitative estimate of drug-likeness (QED) is 0.809. The van der Waals surface area contributed by atoms with E-state index in [9.17, 15) is 0 Å². The molecule has 0 amide bonds. The molecule has 0 spiro atoms. The van der Waals surface area contributed by atoms with Crippen LogP contribution in [0.4, 0.5) is 5.82 Å². The molecule has 2 rings (SSSR count). The second-order valence-corrected chi connectivity index (χ2v) is 4.26. The van der Waals surface area contributed by atoms with Crippen molar-refractivity contribution in [2.75, 3.05) is 12.4 Å². The van der Waals surface area contributed by atoms with Crippen LogP contribution in [0.2, 0.25) is 0 Å². The molecule has 0 unspecified atom stereocenters. The number of rotatable bonds is 5. The van der Waals surface area contributed by atoms with Crippen LogP contribution in [-0.4, -0.2) is 22.1 Å². The highest BCUT2D eigenvalue weighted by Gasteiger charge is 2.05. The smallest absolute Gasteiger partial charge is 0.213 e. The molecule has 2 heterocycles. The molecule has 6 heteroatoms. The number of hydrogen-bond acceptors (Lipinski definition) is 5. The molecule has 2 aromatic heterocycles. The summed E-state index contributed by atoms with van der Waals surface area (Å²) in [5.74, 6) is 1.25. The molecule has 0 bridgehead atoms. The number of hydrogen-bond donors (Lipinski definition) is 2. The van der Waals surface area contributed by atoms with E-state index in [2.05, 4.69) is 15.3 Å². The van der Waals surface area contributed by atoms with Crippen molar-refractivity contribution in [2.24, 2.45) is 5.73 Å². The lowest BCUT2D eigenvalue weighted by Crippen LogP contribution is -2.14. The van der Waals surface area contributed by atoms with Gasteiger partial charge < -0.3 is 15.8 Å². The zero-order chi connectivity index (χ0) is 13.7. The van der Waals surface area contributed by atoms with Crippen molar-refractivity contribution in [2.45, 2.75) is 6.54 Å². The van der Waals surface area contributed by atoms with E-state index >= 15 is 0 Å². The molecule has 19 heavy (non-hydrogen) atoms. The lowest BCUT2D eigenvalue weighted by molar-refractivity contribution is 0.397. The zero-order valence-corrected chi connectivity index (χ0v) is 11.3. The van der Waals surface area contributed by atoms with Gasteiger partial charge in [-0.05, 0) is 23.8 Å². The molecule has 0 saturated heterocycles. The Labute approximate surface area is 116 Å². The summed E-state index contributed by atoms with van der Waals surface area (Å²) in [6.45, 7) is 0.589. The summed E-state index contributed by atoms with van der Waals surface area (Å²) < 4.78 is 5.07. The highest BCUT2D eigenvalue weighted by atomic mass is 32.1. The number of anilines is 1. The monoisotopic (exact) mass is 274 g/mol. The molecule has 2 aromatic rings. The zero-order valence-electron chi connectivity index (χ0n) is 10.5. The maximum absolute atomic E-state index is 5.65. The number of methoxy groups -OCH3 is 1. The molecule has 0 atom stereocenters. The molecule has 0 fully saturated rings. The predicted octanol–water partition coefficient (Wildman–Crippen LogP) is 1.73. The summed E-state index contributed by atoms with van der Waals surface area (Å²) in [6.07, 6.45) is 3.39. The van der Waals surface area contributed by atoms with E-state index < -0.39 is 0 Å². The van der Waals surface area contributed by atoms with Gasteiger partial charge in [-0.1, -0.05) is 12.2 Å². The van der Waals surface area contributed by atoms with Crippen LogP contribution >= 0.6 is 12.2 Å². The van der Waals surface area contributed by atoms with Crippen LogP contribution in [0.25, 0.3) is 0 Å². The molecule has 98 valence electrons. The maximum atomic E-state index is 5.65. The first kappa shape index (κ1) is 13.2. The van der Waals surface area contributed by atoms with Gasteiger partial charge in [0.1, 0.15) is 10.8 Å². The van der Waals surface area contributed by atoms with E-state index in [1.165, 1.54) is 0 Å². The van der Waals surface area contributed by atoms with Crippen molar-refractivity contribution in [3.8, 4) is 5.88 Å². The molecule has 0 aliphatic heterocycles. The molecule has 0 aliphatic rings. The van der Waals surface area contributed by atoms with Crippen LogP contribution in [0.15, 0.2) is 36.7 Å². The van der Waals surface area contributed by atoms with Gasteiger partial charge in [0.15, 0.2) is 0 Å². The largest absolute Gasteiger partial charge is 0.481 e. The molecule has 3 N–H and O–H groups in total. The van der Waals surface area contributed by atoms with E-state index in [-0.39, 0.29) is 0 Å². The lowest BCUT2D eigenvalue weighted by Gasteiger charge is -2.10. The van der Waals surface area contributed by atoms with Gasteiger partial charge in [0, 0.05) is 25.0 Å². The van der Waals surface area contributed by atoms with Crippen molar-refractivity contribution < 1.29 is 4.74 Å². The Morgan fingerprint density at radius 2 is 2.21 bits per heavy atom. The van der Waals surface area contributed by atoms with Crippen LogP contribution in [0.3, 0.4) is 0 Å². The van der Waals surface area contributed by atoms with E-state index in [0.29, 0.717) is 23.2 Å². The fourth-order valence-corrected chi connectivity index (χ4v) is 1.77. The summed E-state index contributed by atoms with van der Waals surface area (Å²) in [7, 11) is 1.59. The fourth-order valence-electron chi connectivity index (χ4n) is 1.60. The molecule has 0 aliphatic carbocycles. The van der Waals surface area contributed by atoms with Gasteiger partial charge >= 0.3 is 0 Å². The van der Waals surface area contributed by atoms with Gasteiger partial charge in [0.2, 0.25) is 5.88 Å². The summed E-state index contributed by atoms with van der Waals surface area (Å²) in [5, 5.41) is 3.20. The van der Waals surface area contributed by atoms with Crippen molar-refractivity contribution >= 4 is 23.0 Å². The van der Waals surface area contributed by atoms with Gasteiger partial charge in [-0.25, -0.2) is 9.97 Å². The van der Waals surface area contributed by atoms with Crippen molar-refractivity contribution in [1.29, 1.82) is 0 Å². The van der Waals surface area contributed by atoms with Crippen LogP contribution in [0.5, 0.6) is 5.88 Å². The number of ether oxygens (including phenoxy) is 1. The standard InChI is InChI=1S/C13H14N4OS/c1-18-11-7-9(4-6-15-11)8-17-13-10(12(14)19)3-2-5-16-13/h2-7H,8H2,1H3,(H2,14,19)(H,16,17). The predicted molar refractivity (Wildman–Crippen MR) is 78.2 cm³/mol. The second kappa shape index (κ2) is 6.10. The summed E-state index contributed by atoms with van der Waals surface area (Å²) in [5.41, 5.74) is 7.42. The summed E-state index contributed by atoms with van der Waals surface area (Å²) in [4.78, 5) is 8.61. The molecule has 0 radical (unpaired) electrons. The van der Waals surface area contributed by atoms with Gasteiger partial charge in [0.05, 0.1) is 12.7 Å². The van der Waals surface area contributed by atoms with E-state index in [0.717, 1.165) is 11.1 Å². The lowest BCUT2D eigenvalue weighted by atomic mass is 10.2. The Bertz CT molecular complexity index is 588. The van der Waals surface area contributed by atoms with Crippen molar-refractivity contribution in [3.05, 3.63) is 47.8 Å². The van der Waals surface area contributed by atoms with Crippen LogP contribution in [0, 0.1) is 0 Å². The average Bonchev–Trinajstić information content (AvgIpc) is 2.45. The third-order valence-corrected chi connectivity index (χ3v) is 2.76. The number of pyridine rings is 2. The van der Waals surface area contributed by atoms with Gasteiger partial charge in [-0.15, -0.1) is 0 Å². The van der Waals surface area contributed by atoms with E-state index in [4.69, 9.17) is 22.7 Å². The average molecular weight is 274 g/mol. The highest BCUT2D eigenvalue weighted by Crippen LogP contribution is 2.14. The normalized spacial score (nSPS) is 9.95. The Kier molecular flexibility index (Phi) is 4.25. The van der Waals surface area contributed by atoms with Crippen molar-refractivity contribution in [3.63, 3.8) is 0 Å². The minimum atomic E-state index is 0.322. The van der Waals surface area contributed by atoms with E-state index in [1.54, 1.807) is 25.6 Å². The fraction of sp³-hybridized carbons (Fsp3) is 0.154. The molecule has 0 saturated carbocycles. The number of nitrogens with zero attached hydrogens (tertiary/aromatic N) is 2. The Morgan fingerprint density at radius 1 is 1.37 bits per heavy atom. The molecule has 0 aromatic carbocycles. The summed E-state index contributed by atoms with van der Waals surface area (Å²) in [6, 6.07) is 7.40. The number of thiocarbonyl (C=S) groups is 1. The van der Waals surface area contributed by atoms with Crippen LogP contribution in [0.1, 0.15) is 11.1 Å². The Hall–Kier alpha value is -2.21. The minimum absolute atomic E-state index is 0.322. The molecular weight excluding hydrogens is 260 g/mol. The highest BCUT2D eigenvalue weighted by molar-refractivity contribution is 7.80.